The van der Waals surface area contributed by atoms with Gasteiger partial charge in [-0.3, -0.25) is 14.5 Å². The monoisotopic (exact) mass is 288 g/mol. The lowest BCUT2D eigenvalue weighted by atomic mass is 10.1. The minimum Gasteiger partial charge on any atom is -0.390 e. The largest absolute Gasteiger partial charge is 0.390 e. The van der Waals surface area contributed by atoms with Crippen molar-refractivity contribution in [3.8, 4) is 0 Å². The summed E-state index contributed by atoms with van der Waals surface area (Å²) in [5, 5.41) is 10.2. The summed E-state index contributed by atoms with van der Waals surface area (Å²) in [6.07, 6.45) is 2.86. The first-order valence-electron chi connectivity index (χ1n) is 7.52. The molecule has 1 aromatic carbocycles. The molecular weight excluding hydrogens is 268 g/mol. The van der Waals surface area contributed by atoms with Gasteiger partial charge in [0.05, 0.1) is 23.8 Å². The maximum Gasteiger partial charge on any atom is 0.261 e. The fourth-order valence-electron chi connectivity index (χ4n) is 3.11. The Morgan fingerprint density at radius 1 is 0.952 bits per heavy atom. The second-order valence-corrected chi connectivity index (χ2v) is 5.78. The second kappa shape index (κ2) is 5.95. The van der Waals surface area contributed by atoms with E-state index in [0.717, 1.165) is 25.9 Å². The number of benzene rings is 1. The molecule has 2 heterocycles. The third kappa shape index (κ3) is 2.84. The molecule has 0 bridgehead atoms. The van der Waals surface area contributed by atoms with E-state index in [9.17, 15) is 14.7 Å². The van der Waals surface area contributed by atoms with Gasteiger partial charge in [-0.15, -0.1) is 0 Å². The second-order valence-electron chi connectivity index (χ2n) is 5.78. The summed E-state index contributed by atoms with van der Waals surface area (Å²) in [5.41, 5.74) is 0.875. The van der Waals surface area contributed by atoms with Crippen LogP contribution in [0.2, 0.25) is 0 Å². The third-order valence-electron chi connectivity index (χ3n) is 4.19. The molecular formula is C16H20N2O3. The Bertz CT molecular complexity index is 517. The quantitative estimate of drug-likeness (QED) is 0.844. The Morgan fingerprint density at radius 3 is 2.10 bits per heavy atom. The number of piperidine rings is 1. The zero-order chi connectivity index (χ0) is 14.8. The van der Waals surface area contributed by atoms with Gasteiger partial charge in [0.2, 0.25) is 0 Å². The van der Waals surface area contributed by atoms with Crippen LogP contribution in [0.1, 0.15) is 40.0 Å². The van der Waals surface area contributed by atoms with Gasteiger partial charge in [0.25, 0.3) is 11.8 Å². The van der Waals surface area contributed by atoms with Crippen LogP contribution in [0.25, 0.3) is 0 Å². The van der Waals surface area contributed by atoms with Gasteiger partial charge in [-0.1, -0.05) is 18.6 Å². The highest BCUT2D eigenvalue weighted by Gasteiger charge is 2.36. The summed E-state index contributed by atoms with van der Waals surface area (Å²) >= 11 is 0. The normalized spacial score (nSPS) is 20.7. The van der Waals surface area contributed by atoms with Crippen molar-refractivity contribution in [1.29, 1.82) is 0 Å². The summed E-state index contributed by atoms with van der Waals surface area (Å²) < 4.78 is 0. The first-order chi connectivity index (χ1) is 10.2. The molecule has 0 spiro atoms. The molecule has 1 saturated heterocycles. The van der Waals surface area contributed by atoms with Crippen molar-refractivity contribution in [3.05, 3.63) is 35.4 Å². The van der Waals surface area contributed by atoms with Crippen molar-refractivity contribution in [3.63, 3.8) is 0 Å². The summed E-state index contributed by atoms with van der Waals surface area (Å²) in [6, 6.07) is 6.81. The van der Waals surface area contributed by atoms with Gasteiger partial charge < -0.3 is 10.0 Å². The zero-order valence-corrected chi connectivity index (χ0v) is 12.0. The Morgan fingerprint density at radius 2 is 1.52 bits per heavy atom. The lowest BCUT2D eigenvalue weighted by molar-refractivity contribution is 0.0456. The lowest BCUT2D eigenvalue weighted by Gasteiger charge is -2.29. The number of carbonyl (C=O) groups excluding carboxylic acids is 2. The molecule has 112 valence electrons. The number of hydrogen-bond donors (Lipinski definition) is 1. The number of amides is 2. The fraction of sp³-hybridized carbons (Fsp3) is 0.500. The molecule has 0 aromatic heterocycles. The highest BCUT2D eigenvalue weighted by molar-refractivity contribution is 6.21. The predicted molar refractivity (Wildman–Crippen MR) is 78.1 cm³/mol. The summed E-state index contributed by atoms with van der Waals surface area (Å²) in [4.78, 5) is 27.8. The minimum atomic E-state index is -0.690. The molecule has 5 nitrogen and oxygen atoms in total. The summed E-state index contributed by atoms with van der Waals surface area (Å²) in [7, 11) is 0. The third-order valence-corrected chi connectivity index (χ3v) is 4.19. The summed E-state index contributed by atoms with van der Waals surface area (Å²) in [6.45, 7) is 2.56. The van der Waals surface area contributed by atoms with Crippen molar-refractivity contribution in [2.75, 3.05) is 26.2 Å². The van der Waals surface area contributed by atoms with E-state index in [1.807, 2.05) is 0 Å². The number of carbonyl (C=O) groups is 2. The molecule has 1 aromatic rings. The average Bonchev–Trinajstić information content (AvgIpc) is 2.74. The van der Waals surface area contributed by atoms with Crippen molar-refractivity contribution >= 4 is 11.8 Å². The van der Waals surface area contributed by atoms with Crippen LogP contribution in [0, 0.1) is 0 Å². The molecule has 0 aliphatic carbocycles. The average molecular weight is 288 g/mol. The highest BCUT2D eigenvalue weighted by atomic mass is 16.3. The number of aliphatic hydroxyl groups is 1. The van der Waals surface area contributed by atoms with Crippen LogP contribution < -0.4 is 0 Å². The van der Waals surface area contributed by atoms with E-state index in [1.54, 1.807) is 24.3 Å². The van der Waals surface area contributed by atoms with Gasteiger partial charge in [-0.25, -0.2) is 0 Å². The van der Waals surface area contributed by atoms with Crippen molar-refractivity contribution in [2.24, 2.45) is 0 Å². The van der Waals surface area contributed by atoms with Crippen LogP contribution in [0.3, 0.4) is 0 Å². The van der Waals surface area contributed by atoms with Crippen LogP contribution in [-0.2, 0) is 0 Å². The lowest BCUT2D eigenvalue weighted by Crippen LogP contribution is -2.43. The minimum absolute atomic E-state index is 0.0723. The van der Waals surface area contributed by atoms with E-state index >= 15 is 0 Å². The van der Waals surface area contributed by atoms with Crippen LogP contribution in [-0.4, -0.2) is 59.0 Å². The maximum atomic E-state index is 12.2. The molecule has 21 heavy (non-hydrogen) atoms. The number of β-amino-alcohol motifs (C(OH)–C–C–N with tert-alkyl or cyclic N) is 1. The molecule has 3 rings (SSSR count). The van der Waals surface area contributed by atoms with E-state index in [4.69, 9.17) is 0 Å². The zero-order valence-electron chi connectivity index (χ0n) is 12.0. The van der Waals surface area contributed by atoms with Crippen molar-refractivity contribution in [1.82, 2.24) is 9.80 Å². The van der Waals surface area contributed by atoms with Crippen LogP contribution in [0.15, 0.2) is 24.3 Å². The van der Waals surface area contributed by atoms with Crippen molar-refractivity contribution < 1.29 is 14.7 Å². The fourth-order valence-corrected chi connectivity index (χ4v) is 3.11. The van der Waals surface area contributed by atoms with E-state index in [1.165, 1.54) is 11.3 Å². The maximum absolute atomic E-state index is 12.2. The molecule has 1 N–H and O–H groups in total. The first-order valence-corrected chi connectivity index (χ1v) is 7.52. The number of nitrogens with zero attached hydrogens (tertiary/aromatic N) is 2. The molecule has 0 saturated carbocycles. The standard InChI is InChI=1S/C16H20N2O3/c19-12(10-17-8-4-1-5-9-17)11-18-15(20)13-6-2-3-7-14(13)16(18)21/h2-3,6-7,12,19H,1,4-5,8-11H2. The Balaban J connectivity index is 1.63. The Labute approximate surface area is 124 Å². The Hall–Kier alpha value is -1.72. The first kappa shape index (κ1) is 14.2. The SMILES string of the molecule is O=C1c2ccccc2C(=O)N1CC(O)CN1CCCCC1. The van der Waals surface area contributed by atoms with Gasteiger partial charge in [0, 0.05) is 6.54 Å². The number of likely N-dealkylation sites (tertiary alicyclic amines) is 1. The molecule has 2 aliphatic heterocycles. The molecule has 0 radical (unpaired) electrons. The summed E-state index contributed by atoms with van der Waals surface area (Å²) in [5.74, 6) is -0.596. The number of imide groups is 1. The number of rotatable bonds is 4. The molecule has 1 fully saturated rings. The van der Waals surface area contributed by atoms with Gasteiger partial charge in [-0.05, 0) is 38.1 Å². The van der Waals surface area contributed by atoms with Crippen LogP contribution in [0.5, 0.6) is 0 Å². The van der Waals surface area contributed by atoms with E-state index < -0.39 is 6.10 Å². The molecule has 1 unspecified atom stereocenters. The molecule has 2 amide bonds. The van der Waals surface area contributed by atoms with Gasteiger partial charge in [0.1, 0.15) is 0 Å². The predicted octanol–water partition coefficient (Wildman–Crippen LogP) is 1.13. The van der Waals surface area contributed by atoms with Gasteiger partial charge >= 0.3 is 0 Å². The smallest absolute Gasteiger partial charge is 0.261 e. The van der Waals surface area contributed by atoms with Crippen molar-refractivity contribution in [2.45, 2.75) is 25.4 Å². The van der Waals surface area contributed by atoms with E-state index in [0.29, 0.717) is 17.7 Å². The van der Waals surface area contributed by atoms with E-state index in [-0.39, 0.29) is 18.4 Å². The molecule has 1 atom stereocenters. The number of fused-ring (bicyclic) bond motifs is 1. The molecule has 5 heteroatoms. The number of hydrogen-bond acceptors (Lipinski definition) is 4. The molecule has 2 aliphatic rings. The van der Waals surface area contributed by atoms with Gasteiger partial charge in [0.15, 0.2) is 0 Å². The van der Waals surface area contributed by atoms with Crippen LogP contribution in [0.4, 0.5) is 0 Å². The van der Waals surface area contributed by atoms with E-state index in [2.05, 4.69) is 4.90 Å². The number of aliphatic hydroxyl groups excluding tert-OH is 1. The highest BCUT2D eigenvalue weighted by Crippen LogP contribution is 2.22. The topological polar surface area (TPSA) is 60.9 Å². The van der Waals surface area contributed by atoms with Crippen LogP contribution >= 0.6 is 0 Å². The Kier molecular flexibility index (Phi) is 4.03. The van der Waals surface area contributed by atoms with Gasteiger partial charge in [-0.2, -0.15) is 0 Å².